The van der Waals surface area contributed by atoms with Gasteiger partial charge >= 0.3 is 0 Å². The topological polar surface area (TPSA) is 34.9 Å². The van der Waals surface area contributed by atoms with Gasteiger partial charge in [0.2, 0.25) is 0 Å². The van der Waals surface area contributed by atoms with E-state index in [1.807, 2.05) is 26.1 Å². The summed E-state index contributed by atoms with van der Waals surface area (Å²) < 4.78 is 1.75. The van der Waals surface area contributed by atoms with Crippen LogP contribution in [0.2, 0.25) is 5.02 Å². The van der Waals surface area contributed by atoms with Crippen LogP contribution in [-0.4, -0.2) is 15.6 Å². The third-order valence-corrected chi connectivity index (χ3v) is 4.79. The zero-order valence-corrected chi connectivity index (χ0v) is 13.2. The minimum Gasteiger partial charge on any atom is -0.299 e. The highest BCUT2D eigenvalue weighted by Gasteiger charge is 2.28. The minimum absolute atomic E-state index is 0.0819. The summed E-state index contributed by atoms with van der Waals surface area (Å²) in [5, 5.41) is 5.04. The summed E-state index contributed by atoms with van der Waals surface area (Å²) in [7, 11) is 1.86. The van der Waals surface area contributed by atoms with Crippen LogP contribution < -0.4 is 0 Å². The summed E-state index contributed by atoms with van der Waals surface area (Å²) in [5.41, 5.74) is 4.33. The number of nitrogens with zero attached hydrogens (tertiary/aromatic N) is 2. The van der Waals surface area contributed by atoms with Crippen LogP contribution in [-0.2, 0) is 37.5 Å². The van der Waals surface area contributed by atoms with Crippen LogP contribution in [0.4, 0.5) is 0 Å². The van der Waals surface area contributed by atoms with Crippen molar-refractivity contribution >= 4 is 17.4 Å². The minimum atomic E-state index is 0.0819. The molecule has 1 heterocycles. The van der Waals surface area contributed by atoms with Gasteiger partial charge in [0.1, 0.15) is 5.78 Å². The lowest BCUT2D eigenvalue weighted by atomic mass is 9.97. The number of carbonyl (C=O) groups is 1. The molecule has 1 aliphatic carbocycles. The van der Waals surface area contributed by atoms with Crippen molar-refractivity contribution in [2.45, 2.75) is 32.6 Å². The molecule has 1 aromatic carbocycles. The molecule has 0 atom stereocenters. The first-order chi connectivity index (χ1) is 10.1. The van der Waals surface area contributed by atoms with Crippen LogP contribution in [0.15, 0.2) is 24.3 Å². The first-order valence-electron chi connectivity index (χ1n) is 7.39. The van der Waals surface area contributed by atoms with Gasteiger partial charge in [-0.3, -0.25) is 9.48 Å². The molecule has 0 spiro atoms. The van der Waals surface area contributed by atoms with E-state index in [1.165, 1.54) is 11.1 Å². The maximum atomic E-state index is 12.6. The standard InChI is InChI=1S/C17H19ClN2O/c1-3-14-17(18)15(20(2)19-14)10-16(21)13-8-11-6-4-5-7-12(11)9-13/h4-7,13H,3,8-10H2,1-2H3. The predicted molar refractivity (Wildman–Crippen MR) is 83.6 cm³/mol. The molecule has 21 heavy (non-hydrogen) atoms. The molecule has 0 aliphatic heterocycles. The Kier molecular flexibility index (Phi) is 3.85. The molecular weight excluding hydrogens is 284 g/mol. The highest BCUT2D eigenvalue weighted by molar-refractivity contribution is 6.32. The average molecular weight is 303 g/mol. The molecule has 4 heteroatoms. The van der Waals surface area contributed by atoms with Crippen LogP contribution in [0.1, 0.15) is 29.4 Å². The summed E-state index contributed by atoms with van der Waals surface area (Å²) in [4.78, 5) is 12.6. The molecule has 0 saturated carbocycles. The fraction of sp³-hybridized carbons (Fsp3) is 0.412. The summed E-state index contributed by atoms with van der Waals surface area (Å²) in [5.74, 6) is 0.345. The molecule has 0 bridgehead atoms. The van der Waals surface area contributed by atoms with Crippen LogP contribution in [0.25, 0.3) is 0 Å². The summed E-state index contributed by atoms with van der Waals surface area (Å²) >= 11 is 6.33. The van der Waals surface area contributed by atoms with E-state index in [4.69, 9.17) is 11.6 Å². The van der Waals surface area contributed by atoms with E-state index in [1.54, 1.807) is 4.68 Å². The molecule has 3 nitrogen and oxygen atoms in total. The monoisotopic (exact) mass is 302 g/mol. The second-order valence-electron chi connectivity index (χ2n) is 5.70. The molecule has 2 aromatic rings. The number of ketones is 1. The first kappa shape index (κ1) is 14.3. The van der Waals surface area contributed by atoms with Gasteiger partial charge < -0.3 is 0 Å². The number of hydrogen-bond acceptors (Lipinski definition) is 2. The van der Waals surface area contributed by atoms with E-state index in [9.17, 15) is 4.79 Å². The number of benzene rings is 1. The Balaban J connectivity index is 1.75. The average Bonchev–Trinajstić information content (AvgIpc) is 3.03. The molecule has 0 saturated heterocycles. The van der Waals surface area contributed by atoms with Crippen molar-refractivity contribution in [2.24, 2.45) is 13.0 Å². The molecule has 0 radical (unpaired) electrons. The summed E-state index contributed by atoms with van der Waals surface area (Å²) in [6.07, 6.45) is 2.87. The first-order valence-corrected chi connectivity index (χ1v) is 7.77. The molecule has 0 unspecified atom stereocenters. The molecule has 1 aromatic heterocycles. The van der Waals surface area contributed by atoms with Gasteiger partial charge in [0.25, 0.3) is 0 Å². The Morgan fingerprint density at radius 2 is 1.95 bits per heavy atom. The lowest BCUT2D eigenvalue weighted by Crippen LogP contribution is -2.18. The van der Waals surface area contributed by atoms with Gasteiger partial charge in [-0.05, 0) is 30.4 Å². The fourth-order valence-electron chi connectivity index (χ4n) is 3.11. The Labute approximate surface area is 129 Å². The van der Waals surface area contributed by atoms with E-state index in [0.29, 0.717) is 11.4 Å². The van der Waals surface area contributed by atoms with E-state index < -0.39 is 0 Å². The number of aromatic nitrogens is 2. The lowest BCUT2D eigenvalue weighted by molar-refractivity contribution is -0.122. The van der Waals surface area contributed by atoms with Gasteiger partial charge in [0.15, 0.2) is 0 Å². The van der Waals surface area contributed by atoms with Crippen LogP contribution >= 0.6 is 11.6 Å². The maximum Gasteiger partial charge on any atom is 0.142 e. The molecule has 0 N–H and O–H groups in total. The Hall–Kier alpha value is -1.61. The van der Waals surface area contributed by atoms with Crippen molar-refractivity contribution < 1.29 is 4.79 Å². The van der Waals surface area contributed by atoms with Crippen molar-refractivity contribution in [3.05, 3.63) is 51.8 Å². The van der Waals surface area contributed by atoms with Gasteiger partial charge in [-0.2, -0.15) is 5.10 Å². The number of hydrogen-bond donors (Lipinski definition) is 0. The SMILES string of the molecule is CCc1nn(C)c(CC(=O)C2Cc3ccccc3C2)c1Cl. The van der Waals surface area contributed by atoms with Crippen molar-refractivity contribution in [2.75, 3.05) is 0 Å². The van der Waals surface area contributed by atoms with Gasteiger partial charge in [-0.25, -0.2) is 0 Å². The van der Waals surface area contributed by atoms with E-state index in [0.717, 1.165) is 30.7 Å². The van der Waals surface area contributed by atoms with Crippen LogP contribution in [0.5, 0.6) is 0 Å². The zero-order valence-electron chi connectivity index (χ0n) is 12.4. The zero-order chi connectivity index (χ0) is 15.0. The van der Waals surface area contributed by atoms with Gasteiger partial charge in [0.05, 0.1) is 22.8 Å². The Morgan fingerprint density at radius 1 is 1.33 bits per heavy atom. The summed E-state index contributed by atoms with van der Waals surface area (Å²) in [6, 6.07) is 8.32. The Morgan fingerprint density at radius 3 is 2.48 bits per heavy atom. The quantitative estimate of drug-likeness (QED) is 0.869. The molecule has 1 aliphatic rings. The second kappa shape index (κ2) is 5.64. The number of aryl methyl sites for hydroxylation is 2. The molecule has 110 valence electrons. The molecule has 0 fully saturated rings. The predicted octanol–water partition coefficient (Wildman–Crippen LogP) is 3.16. The van der Waals surface area contributed by atoms with E-state index in [-0.39, 0.29) is 11.7 Å². The van der Waals surface area contributed by atoms with Crippen molar-refractivity contribution in [1.82, 2.24) is 9.78 Å². The Bertz CT molecular complexity index is 665. The third-order valence-electron chi connectivity index (χ3n) is 4.35. The van der Waals surface area contributed by atoms with E-state index in [2.05, 4.69) is 17.2 Å². The molecule has 0 amide bonds. The highest BCUT2D eigenvalue weighted by Crippen LogP contribution is 2.29. The van der Waals surface area contributed by atoms with Crippen molar-refractivity contribution in [3.8, 4) is 0 Å². The lowest BCUT2D eigenvalue weighted by Gasteiger charge is -2.08. The largest absolute Gasteiger partial charge is 0.299 e. The summed E-state index contributed by atoms with van der Waals surface area (Å²) in [6.45, 7) is 2.02. The number of fused-ring (bicyclic) bond motifs is 1. The van der Waals surface area contributed by atoms with Gasteiger partial charge in [-0.1, -0.05) is 42.8 Å². The number of halogens is 1. The smallest absolute Gasteiger partial charge is 0.142 e. The molecular formula is C17H19ClN2O. The maximum absolute atomic E-state index is 12.6. The number of Topliss-reactive ketones (excluding diaryl/α,β-unsaturated/α-hetero) is 1. The van der Waals surface area contributed by atoms with Gasteiger partial charge in [-0.15, -0.1) is 0 Å². The number of rotatable bonds is 4. The second-order valence-corrected chi connectivity index (χ2v) is 6.08. The number of carbonyl (C=O) groups excluding carboxylic acids is 1. The van der Waals surface area contributed by atoms with E-state index >= 15 is 0 Å². The van der Waals surface area contributed by atoms with Gasteiger partial charge in [0, 0.05) is 13.0 Å². The highest BCUT2D eigenvalue weighted by atomic mass is 35.5. The van der Waals surface area contributed by atoms with Crippen molar-refractivity contribution in [3.63, 3.8) is 0 Å². The normalized spacial score (nSPS) is 14.4. The molecule has 3 rings (SSSR count). The fourth-order valence-corrected chi connectivity index (χ4v) is 3.47. The van der Waals surface area contributed by atoms with Crippen molar-refractivity contribution in [1.29, 1.82) is 0 Å². The third kappa shape index (κ3) is 2.62. The van der Waals surface area contributed by atoms with Crippen LogP contribution in [0, 0.1) is 5.92 Å². The van der Waals surface area contributed by atoms with Crippen LogP contribution in [0.3, 0.4) is 0 Å².